The molecule has 3 aromatic carbocycles. The molecule has 6 nitrogen and oxygen atoms in total. The number of piperidine rings is 3. The van der Waals surface area contributed by atoms with Gasteiger partial charge in [0, 0.05) is 42.0 Å². The van der Waals surface area contributed by atoms with E-state index in [0.717, 1.165) is 37.1 Å². The summed E-state index contributed by atoms with van der Waals surface area (Å²) in [5.74, 6) is 0.169. The van der Waals surface area contributed by atoms with Gasteiger partial charge in [0.15, 0.2) is 17.9 Å². The maximum Gasteiger partial charge on any atom is 0.333 e. The molecular weight excluding hydrogens is 476 g/mol. The molecule has 0 saturated carbocycles. The summed E-state index contributed by atoms with van der Waals surface area (Å²) in [6.07, 6.45) is 2.09. The minimum atomic E-state index is -0.710. The summed E-state index contributed by atoms with van der Waals surface area (Å²) in [5.41, 5.74) is 2.85. The molecule has 0 radical (unpaired) electrons. The zero-order valence-electron chi connectivity index (χ0n) is 21.8. The Bertz CT molecular complexity index is 1280. The van der Waals surface area contributed by atoms with Crippen molar-refractivity contribution in [2.45, 2.75) is 38.3 Å². The molecule has 0 spiro atoms. The number of ketones is 2. The molecule has 196 valence electrons. The molecule has 2 atom stereocenters. The van der Waals surface area contributed by atoms with Crippen LogP contribution in [0.4, 0.5) is 5.69 Å². The van der Waals surface area contributed by atoms with Crippen molar-refractivity contribution in [2.24, 2.45) is 5.92 Å². The van der Waals surface area contributed by atoms with E-state index in [-0.39, 0.29) is 23.6 Å². The van der Waals surface area contributed by atoms with E-state index in [1.807, 2.05) is 79.7 Å². The van der Waals surface area contributed by atoms with Gasteiger partial charge >= 0.3 is 5.97 Å². The van der Waals surface area contributed by atoms with Crippen molar-refractivity contribution < 1.29 is 23.6 Å². The van der Waals surface area contributed by atoms with E-state index in [1.165, 1.54) is 0 Å². The number of nitrogens with one attached hydrogen (secondary N) is 1. The van der Waals surface area contributed by atoms with Crippen molar-refractivity contribution in [2.75, 3.05) is 31.5 Å². The second-order valence-corrected chi connectivity index (χ2v) is 10.6. The first kappa shape index (κ1) is 25.9. The maximum atomic E-state index is 13.7. The molecule has 3 heterocycles. The molecular formula is C32H35N2O4+. The Morgan fingerprint density at radius 3 is 2.21 bits per heavy atom. The summed E-state index contributed by atoms with van der Waals surface area (Å²) in [5, 5.41) is 3.33. The first-order valence-electron chi connectivity index (χ1n) is 13.5. The Morgan fingerprint density at radius 1 is 0.868 bits per heavy atom. The Kier molecular flexibility index (Phi) is 7.70. The summed E-state index contributed by atoms with van der Waals surface area (Å²) in [6, 6.07) is 25.5. The van der Waals surface area contributed by atoms with Gasteiger partial charge in [-0.2, -0.15) is 0 Å². The van der Waals surface area contributed by atoms with E-state index >= 15 is 0 Å². The molecule has 1 unspecified atom stereocenters. The number of ether oxygens (including phenoxy) is 1. The quantitative estimate of drug-likeness (QED) is 0.222. The van der Waals surface area contributed by atoms with E-state index in [1.54, 1.807) is 12.1 Å². The number of anilines is 1. The molecule has 0 aliphatic carbocycles. The second kappa shape index (κ2) is 11.3. The van der Waals surface area contributed by atoms with Crippen LogP contribution in [-0.2, 0) is 9.53 Å². The minimum Gasteiger partial charge on any atom is -0.454 e. The van der Waals surface area contributed by atoms with Gasteiger partial charge in [-0.05, 0) is 17.7 Å². The number of hydrogen-bond donors (Lipinski definition) is 1. The highest BCUT2D eigenvalue weighted by atomic mass is 16.5. The largest absolute Gasteiger partial charge is 0.454 e. The number of fused-ring (bicyclic) bond motifs is 3. The number of esters is 1. The molecule has 3 aromatic rings. The number of hydrogen-bond acceptors (Lipinski definition) is 5. The van der Waals surface area contributed by atoms with E-state index in [2.05, 4.69) is 5.32 Å². The van der Waals surface area contributed by atoms with Crippen molar-refractivity contribution >= 4 is 23.2 Å². The van der Waals surface area contributed by atoms with Gasteiger partial charge in [-0.15, -0.1) is 0 Å². The van der Waals surface area contributed by atoms with E-state index in [9.17, 15) is 14.4 Å². The van der Waals surface area contributed by atoms with Gasteiger partial charge < -0.3 is 14.5 Å². The Hall–Kier alpha value is -3.77. The highest BCUT2D eigenvalue weighted by Gasteiger charge is 2.49. The summed E-state index contributed by atoms with van der Waals surface area (Å²) in [4.78, 5) is 39.0. The first-order valence-corrected chi connectivity index (χ1v) is 13.5. The van der Waals surface area contributed by atoms with Gasteiger partial charge in [0.25, 0.3) is 0 Å². The number of carbonyl (C=O) groups excluding carboxylic acids is 3. The van der Waals surface area contributed by atoms with Crippen LogP contribution in [0.2, 0.25) is 0 Å². The average Bonchev–Trinajstić information content (AvgIpc) is 2.97. The lowest BCUT2D eigenvalue weighted by atomic mass is 9.82. The summed E-state index contributed by atoms with van der Waals surface area (Å²) < 4.78 is 6.90. The third kappa shape index (κ3) is 5.70. The van der Waals surface area contributed by atoms with E-state index in [0.29, 0.717) is 41.2 Å². The van der Waals surface area contributed by atoms with Crippen LogP contribution in [0.5, 0.6) is 0 Å². The van der Waals surface area contributed by atoms with Crippen LogP contribution in [0, 0.1) is 5.92 Å². The molecule has 6 rings (SSSR count). The zero-order chi connectivity index (χ0) is 26.5. The maximum absolute atomic E-state index is 13.7. The van der Waals surface area contributed by atoms with Crippen molar-refractivity contribution in [1.29, 1.82) is 0 Å². The van der Waals surface area contributed by atoms with Crippen LogP contribution in [0.25, 0.3) is 0 Å². The third-order valence-electron chi connectivity index (χ3n) is 8.07. The highest BCUT2D eigenvalue weighted by Crippen LogP contribution is 2.37. The Balaban J connectivity index is 1.33. The lowest BCUT2D eigenvalue weighted by molar-refractivity contribution is -0.938. The third-order valence-corrected chi connectivity index (χ3v) is 8.07. The van der Waals surface area contributed by atoms with Gasteiger partial charge in [-0.25, -0.2) is 4.79 Å². The molecule has 1 N–H and O–H groups in total. The Labute approximate surface area is 224 Å². The smallest absolute Gasteiger partial charge is 0.333 e. The highest BCUT2D eigenvalue weighted by molar-refractivity contribution is 5.97. The molecule has 6 heteroatoms. The number of benzene rings is 3. The average molecular weight is 512 g/mol. The number of rotatable bonds is 10. The standard InChI is InChI=1S/C32H35N2O4/c1-2-28(35)26-14-9-15-27(20-26)33-31(25-12-7-4-8-13-25)32(37)38-30-22-34(18-16-24(30)17-19-34)21-29(36)23-10-5-3-6-11-23/h3-15,20,24,30-31,33H,2,16-19,21-22H2,1H3/q+1/t24?,30-,31?,34?/m0/s1. The molecule has 3 saturated heterocycles. The van der Waals surface area contributed by atoms with Crippen molar-refractivity contribution in [3.63, 3.8) is 0 Å². The molecule has 3 fully saturated rings. The SMILES string of the molecule is CCC(=O)c1cccc(NC(C(=O)O[C@H]2C[N+]3(CC(=O)c4ccccc4)CCC2CC3)c2ccccc2)c1. The second-order valence-electron chi connectivity index (χ2n) is 10.6. The zero-order valence-corrected chi connectivity index (χ0v) is 21.8. The van der Waals surface area contributed by atoms with Crippen LogP contribution in [0.3, 0.4) is 0 Å². The molecule has 0 amide bonds. The molecule has 3 aliphatic rings. The number of quaternary nitrogens is 1. The van der Waals surface area contributed by atoms with Gasteiger partial charge in [0.05, 0.1) is 13.1 Å². The monoisotopic (exact) mass is 511 g/mol. The lowest BCUT2D eigenvalue weighted by Gasteiger charge is -2.51. The normalized spacial score (nSPS) is 22.9. The van der Waals surface area contributed by atoms with Gasteiger partial charge in [0.2, 0.25) is 5.78 Å². The van der Waals surface area contributed by atoms with E-state index in [4.69, 9.17) is 4.74 Å². The van der Waals surface area contributed by atoms with Crippen molar-refractivity contribution in [3.8, 4) is 0 Å². The predicted octanol–water partition coefficient (Wildman–Crippen LogP) is 5.47. The van der Waals surface area contributed by atoms with Crippen molar-refractivity contribution in [1.82, 2.24) is 0 Å². The van der Waals surface area contributed by atoms with Crippen LogP contribution >= 0.6 is 0 Å². The van der Waals surface area contributed by atoms with Crippen LogP contribution < -0.4 is 5.32 Å². The Morgan fingerprint density at radius 2 is 1.53 bits per heavy atom. The summed E-state index contributed by atoms with van der Waals surface area (Å²) in [6.45, 7) is 4.81. The minimum absolute atomic E-state index is 0.0545. The number of carbonyl (C=O) groups is 3. The predicted molar refractivity (Wildman–Crippen MR) is 147 cm³/mol. The van der Waals surface area contributed by atoms with E-state index < -0.39 is 6.04 Å². The van der Waals surface area contributed by atoms with Gasteiger partial charge in [0.1, 0.15) is 13.1 Å². The van der Waals surface area contributed by atoms with Gasteiger partial charge in [-0.1, -0.05) is 79.7 Å². The summed E-state index contributed by atoms with van der Waals surface area (Å²) in [7, 11) is 0. The fraction of sp³-hybridized carbons (Fsp3) is 0.344. The van der Waals surface area contributed by atoms with Crippen LogP contribution in [-0.4, -0.2) is 54.3 Å². The van der Waals surface area contributed by atoms with Crippen molar-refractivity contribution in [3.05, 3.63) is 102 Å². The number of nitrogens with zero attached hydrogens (tertiary/aromatic N) is 1. The topological polar surface area (TPSA) is 72.5 Å². The molecule has 3 aliphatic heterocycles. The fourth-order valence-corrected chi connectivity index (χ4v) is 5.89. The molecule has 38 heavy (non-hydrogen) atoms. The first-order chi connectivity index (χ1) is 18.5. The van der Waals surface area contributed by atoms with Crippen LogP contribution in [0.15, 0.2) is 84.9 Å². The summed E-state index contributed by atoms with van der Waals surface area (Å²) >= 11 is 0. The van der Waals surface area contributed by atoms with Gasteiger partial charge in [-0.3, -0.25) is 9.59 Å². The number of Topliss-reactive ketones (excluding diaryl/α,β-unsaturated/α-hetero) is 2. The lowest BCUT2D eigenvalue weighted by Crippen LogP contribution is -2.65. The molecule has 0 aromatic heterocycles. The molecule has 2 bridgehead atoms. The fourth-order valence-electron chi connectivity index (χ4n) is 5.89. The van der Waals surface area contributed by atoms with Crippen LogP contribution in [0.1, 0.15) is 58.5 Å².